The number of aliphatic hydroxyl groups excluding tert-OH is 1. The number of fused-ring (bicyclic) bond motifs is 2. The molecule has 5 heterocycles. The average molecular weight is 656 g/mol. The molecular weight excluding hydrogens is 620 g/mol. The number of carbonyl (C=O) groups excluding carboxylic acids is 1. The molecular formula is C35H35F2N7O2S. The number of thiazole rings is 1. The van der Waals surface area contributed by atoms with Gasteiger partial charge in [-0.1, -0.05) is 11.3 Å². The molecule has 0 saturated carbocycles. The minimum atomic E-state index is -0.386. The Morgan fingerprint density at radius 3 is 2.57 bits per heavy atom. The van der Waals surface area contributed by atoms with E-state index in [9.17, 15) is 19.6 Å². The van der Waals surface area contributed by atoms with Crippen molar-refractivity contribution in [3.05, 3.63) is 64.2 Å². The van der Waals surface area contributed by atoms with Crippen molar-refractivity contribution in [1.82, 2.24) is 19.8 Å². The van der Waals surface area contributed by atoms with Gasteiger partial charge in [0.05, 0.1) is 18.3 Å². The monoisotopic (exact) mass is 655 g/mol. The molecule has 3 saturated heterocycles. The van der Waals surface area contributed by atoms with E-state index in [1.807, 2.05) is 11.9 Å². The number of aromatic nitrogens is 2. The highest BCUT2D eigenvalue weighted by atomic mass is 32.1. The van der Waals surface area contributed by atoms with Crippen LogP contribution in [-0.2, 0) is 17.6 Å². The van der Waals surface area contributed by atoms with Crippen LogP contribution in [0.15, 0.2) is 36.4 Å². The van der Waals surface area contributed by atoms with Gasteiger partial charge in [0, 0.05) is 68.6 Å². The molecule has 242 valence electrons. The van der Waals surface area contributed by atoms with Gasteiger partial charge in [0.2, 0.25) is 5.91 Å². The van der Waals surface area contributed by atoms with Crippen LogP contribution in [0.2, 0.25) is 0 Å². The molecule has 9 nitrogen and oxygen atoms in total. The van der Waals surface area contributed by atoms with E-state index in [0.29, 0.717) is 46.4 Å². The number of pyridine rings is 1. The zero-order chi connectivity index (χ0) is 32.4. The van der Waals surface area contributed by atoms with E-state index in [1.54, 1.807) is 23.1 Å². The second-order valence-corrected chi connectivity index (χ2v) is 14.5. The number of aryl methyl sites for hydroxylation is 1. The van der Waals surface area contributed by atoms with E-state index >= 15 is 4.39 Å². The van der Waals surface area contributed by atoms with Gasteiger partial charge >= 0.3 is 0 Å². The van der Waals surface area contributed by atoms with E-state index in [2.05, 4.69) is 21.9 Å². The molecule has 3 fully saturated rings. The lowest BCUT2D eigenvalue weighted by Crippen LogP contribution is -2.63. The van der Waals surface area contributed by atoms with Gasteiger partial charge in [-0.3, -0.25) is 9.69 Å². The number of nitriles is 1. The van der Waals surface area contributed by atoms with Gasteiger partial charge in [-0.2, -0.15) is 5.26 Å². The van der Waals surface area contributed by atoms with Crippen LogP contribution < -0.4 is 9.80 Å². The molecule has 0 bridgehead atoms. The van der Waals surface area contributed by atoms with E-state index < -0.39 is 0 Å². The zero-order valence-corrected chi connectivity index (χ0v) is 27.0. The summed E-state index contributed by atoms with van der Waals surface area (Å²) in [6.07, 6.45) is 4.10. The van der Waals surface area contributed by atoms with Crippen LogP contribution in [0.5, 0.6) is 0 Å². The first kappa shape index (κ1) is 30.2. The third-order valence-corrected chi connectivity index (χ3v) is 11.4. The average Bonchev–Trinajstić information content (AvgIpc) is 3.69. The van der Waals surface area contributed by atoms with Crippen LogP contribution in [0.4, 0.5) is 25.3 Å². The Bertz CT molecular complexity index is 1920. The van der Waals surface area contributed by atoms with Crippen molar-refractivity contribution in [2.24, 2.45) is 5.41 Å². The molecule has 4 aromatic rings. The lowest BCUT2D eigenvalue weighted by Gasteiger charge is -2.54. The summed E-state index contributed by atoms with van der Waals surface area (Å²) < 4.78 is 29.6. The van der Waals surface area contributed by atoms with Crippen molar-refractivity contribution in [1.29, 1.82) is 5.26 Å². The maximum Gasteiger partial charge on any atom is 0.236 e. The Kier molecular flexibility index (Phi) is 7.39. The number of halogens is 2. The predicted octanol–water partition coefficient (Wildman–Crippen LogP) is 4.87. The predicted molar refractivity (Wildman–Crippen MR) is 177 cm³/mol. The first-order valence-corrected chi connectivity index (χ1v) is 17.0. The second kappa shape index (κ2) is 11.5. The molecule has 47 heavy (non-hydrogen) atoms. The summed E-state index contributed by atoms with van der Waals surface area (Å²) in [4.78, 5) is 30.7. The lowest BCUT2D eigenvalue weighted by atomic mass is 9.72. The fourth-order valence-corrected chi connectivity index (χ4v) is 8.65. The normalized spacial score (nSPS) is 19.0. The number of rotatable bonds is 6. The Labute approximate surface area is 275 Å². The first-order chi connectivity index (χ1) is 22.7. The molecule has 0 atom stereocenters. The number of anilines is 3. The number of nitrogens with zero attached hydrogens (tertiary/aromatic N) is 7. The quantitative estimate of drug-likeness (QED) is 0.314. The molecule has 2 aromatic heterocycles. The molecule has 12 heteroatoms. The molecule has 1 amide bonds. The van der Waals surface area contributed by atoms with Crippen molar-refractivity contribution in [3.8, 4) is 17.3 Å². The van der Waals surface area contributed by atoms with E-state index in [1.165, 1.54) is 23.5 Å². The van der Waals surface area contributed by atoms with Gasteiger partial charge in [-0.05, 0) is 79.5 Å². The largest absolute Gasteiger partial charge is 0.389 e. The maximum atomic E-state index is 16.0. The number of piperidine rings is 1. The van der Waals surface area contributed by atoms with Crippen molar-refractivity contribution >= 4 is 44.7 Å². The Balaban J connectivity index is 1.06. The van der Waals surface area contributed by atoms with Gasteiger partial charge in [0.1, 0.15) is 28.0 Å². The topological polar surface area (TPSA) is 99.8 Å². The lowest BCUT2D eigenvalue weighted by molar-refractivity contribution is -0.146. The van der Waals surface area contributed by atoms with E-state index in [4.69, 9.17) is 9.97 Å². The number of benzene rings is 2. The van der Waals surface area contributed by atoms with Crippen molar-refractivity contribution < 1.29 is 18.7 Å². The van der Waals surface area contributed by atoms with Crippen LogP contribution >= 0.6 is 11.3 Å². The highest BCUT2D eigenvalue weighted by Gasteiger charge is 2.46. The van der Waals surface area contributed by atoms with Crippen LogP contribution in [0.1, 0.15) is 35.4 Å². The number of β-amino-alcohol motifs (C(OH)–C–C–N with tert-alkyl or cyclic N) is 1. The van der Waals surface area contributed by atoms with Crippen LogP contribution in [-0.4, -0.2) is 89.7 Å². The zero-order valence-electron chi connectivity index (χ0n) is 26.2. The summed E-state index contributed by atoms with van der Waals surface area (Å²) in [5.41, 5.74) is 5.37. The van der Waals surface area contributed by atoms with Crippen LogP contribution in [0.3, 0.4) is 0 Å². The number of amides is 1. The van der Waals surface area contributed by atoms with E-state index in [-0.39, 0.29) is 29.1 Å². The Morgan fingerprint density at radius 1 is 1.13 bits per heavy atom. The third kappa shape index (κ3) is 5.30. The molecule has 0 unspecified atom stereocenters. The summed E-state index contributed by atoms with van der Waals surface area (Å²) in [5, 5.41) is 20.8. The number of carbonyl (C=O) groups is 1. The van der Waals surface area contributed by atoms with Gasteiger partial charge in [-0.15, -0.1) is 0 Å². The van der Waals surface area contributed by atoms with Crippen molar-refractivity contribution in [3.63, 3.8) is 0 Å². The minimum absolute atomic E-state index is 0.0865. The molecule has 4 aliphatic rings. The molecule has 2 aromatic carbocycles. The Morgan fingerprint density at radius 2 is 1.87 bits per heavy atom. The van der Waals surface area contributed by atoms with Gasteiger partial charge in [0.15, 0.2) is 10.9 Å². The summed E-state index contributed by atoms with van der Waals surface area (Å²) >= 11 is 1.27. The van der Waals surface area contributed by atoms with E-state index in [0.717, 1.165) is 86.3 Å². The Hall–Kier alpha value is -4.18. The number of hydrogen-bond donors (Lipinski definition) is 1. The van der Waals surface area contributed by atoms with Crippen LogP contribution in [0, 0.1) is 28.4 Å². The number of hydrogen-bond acceptors (Lipinski definition) is 9. The highest BCUT2D eigenvalue weighted by molar-refractivity contribution is 7.16. The first-order valence-electron chi connectivity index (χ1n) is 16.2. The summed E-state index contributed by atoms with van der Waals surface area (Å²) in [7, 11) is 1.91. The fourth-order valence-electron chi connectivity index (χ4n) is 7.80. The summed E-state index contributed by atoms with van der Waals surface area (Å²) in [6, 6.07) is 11.9. The molecule has 8 rings (SSSR count). The molecule has 1 aliphatic carbocycles. The van der Waals surface area contributed by atoms with Crippen molar-refractivity contribution in [2.75, 3.05) is 62.7 Å². The summed E-state index contributed by atoms with van der Waals surface area (Å²) in [6.45, 7) is 4.65. The van der Waals surface area contributed by atoms with Crippen LogP contribution in [0.25, 0.3) is 22.2 Å². The van der Waals surface area contributed by atoms with Gasteiger partial charge < -0.3 is 19.8 Å². The maximum absolute atomic E-state index is 16.0. The molecule has 1 N–H and O–H groups in total. The van der Waals surface area contributed by atoms with Gasteiger partial charge in [-0.25, -0.2) is 18.7 Å². The molecule has 3 aliphatic heterocycles. The third-order valence-electron chi connectivity index (χ3n) is 10.4. The standard InChI is InChI=1S/C35H35F2N7O2S/c1-41(34-40-31(29(15-38)47-34)21-5-7-22(36)8-6-21)33-25-3-2-4-28(25)39-32-26(33)13-23(14-27(32)37)43-11-9-35(10-12-43)19-42(20-35)18-30(46)44-16-24(45)17-44/h5-8,13-14,24,45H,2-4,9-12,16-20H2,1H3. The smallest absolute Gasteiger partial charge is 0.236 e. The molecule has 0 radical (unpaired) electrons. The highest BCUT2D eigenvalue weighted by Crippen LogP contribution is 2.45. The second-order valence-electron chi connectivity index (χ2n) is 13.5. The SMILES string of the molecule is CN(c1nc(-c2ccc(F)cc2)c(C#N)s1)c1c2c(nc3c(F)cc(N4CCC5(CC4)CN(CC(=O)N4CC(O)C4)C5)cc13)CCC2. The fraction of sp³-hybridized carbons (Fsp3) is 0.429. The van der Waals surface area contributed by atoms with Crippen molar-refractivity contribution in [2.45, 2.75) is 38.2 Å². The minimum Gasteiger partial charge on any atom is -0.389 e. The number of likely N-dealkylation sites (tertiary alicyclic amines) is 2. The van der Waals surface area contributed by atoms with Gasteiger partial charge in [0.25, 0.3) is 0 Å². The summed E-state index contributed by atoms with van der Waals surface area (Å²) in [5.74, 6) is -0.620. The number of aliphatic hydroxyl groups is 1. The molecule has 1 spiro atoms.